The largest absolute Gasteiger partial charge is 0.393 e. The highest BCUT2D eigenvalue weighted by atomic mass is 16.3. The van der Waals surface area contributed by atoms with Crippen molar-refractivity contribution in [2.45, 2.75) is 32.8 Å². The molecule has 22 heavy (non-hydrogen) atoms. The number of nitrogens with one attached hydrogen (secondary N) is 1. The van der Waals surface area contributed by atoms with E-state index in [0.717, 1.165) is 12.1 Å². The van der Waals surface area contributed by atoms with Crippen molar-refractivity contribution in [2.75, 3.05) is 25.0 Å². The molecule has 1 heterocycles. The number of carbonyl (C=O) groups excluding carboxylic acids is 1. The normalized spacial score (nSPS) is 21.0. The number of likely N-dealkylation sites (tertiary alicyclic amines) is 1. The number of aliphatic hydroxyl groups is 1. The van der Waals surface area contributed by atoms with Gasteiger partial charge in [0.2, 0.25) is 0 Å². The molecule has 0 aromatic heterocycles. The zero-order valence-electron chi connectivity index (χ0n) is 13.5. The zero-order valence-corrected chi connectivity index (χ0v) is 13.5. The summed E-state index contributed by atoms with van der Waals surface area (Å²) in [6.45, 7) is 9.86. The van der Waals surface area contributed by atoms with Crippen LogP contribution in [-0.4, -0.2) is 41.7 Å². The van der Waals surface area contributed by atoms with Crippen LogP contribution in [-0.2, 0) is 0 Å². The summed E-state index contributed by atoms with van der Waals surface area (Å²) in [5, 5.41) is 13.2. The molecule has 0 bridgehead atoms. The van der Waals surface area contributed by atoms with E-state index in [2.05, 4.69) is 25.7 Å². The van der Waals surface area contributed by atoms with E-state index in [1.807, 2.05) is 29.2 Å². The molecule has 0 radical (unpaired) electrons. The molecule has 2 rings (SSSR count). The summed E-state index contributed by atoms with van der Waals surface area (Å²) in [5.41, 5.74) is 1.61. The summed E-state index contributed by atoms with van der Waals surface area (Å²) in [5.74, 6) is 0.0393. The van der Waals surface area contributed by atoms with Crippen LogP contribution in [0.3, 0.4) is 0 Å². The highest BCUT2D eigenvalue weighted by Crippen LogP contribution is 2.29. The van der Waals surface area contributed by atoms with Gasteiger partial charge in [0.05, 0.1) is 6.10 Å². The molecule has 1 saturated heterocycles. The van der Waals surface area contributed by atoms with Crippen LogP contribution in [0.2, 0.25) is 0 Å². The Morgan fingerprint density at radius 2 is 2.14 bits per heavy atom. The van der Waals surface area contributed by atoms with Crippen LogP contribution in [0.1, 0.15) is 37.0 Å². The van der Waals surface area contributed by atoms with Crippen molar-refractivity contribution in [3.05, 3.63) is 42.5 Å². The molecular formula is C18H26N2O2. The molecule has 1 fully saturated rings. The molecule has 120 valence electrons. The van der Waals surface area contributed by atoms with Gasteiger partial charge in [-0.3, -0.25) is 4.79 Å². The number of hydrogen-bond acceptors (Lipinski definition) is 3. The number of amides is 1. The second-order valence-corrected chi connectivity index (χ2v) is 6.78. The van der Waals surface area contributed by atoms with Crippen molar-refractivity contribution < 1.29 is 9.90 Å². The fourth-order valence-corrected chi connectivity index (χ4v) is 2.98. The van der Waals surface area contributed by atoms with Gasteiger partial charge in [-0.1, -0.05) is 19.9 Å². The maximum atomic E-state index is 12.7. The molecule has 2 N–H and O–H groups in total. The molecule has 0 unspecified atom stereocenters. The Balaban J connectivity index is 2.08. The predicted octanol–water partition coefficient (Wildman–Crippen LogP) is 2.91. The molecule has 1 aliphatic rings. The number of hydrogen-bond donors (Lipinski definition) is 2. The molecular weight excluding hydrogens is 276 g/mol. The third-order valence-electron chi connectivity index (χ3n) is 4.01. The second-order valence-electron chi connectivity index (χ2n) is 6.78. The number of rotatable bonds is 4. The first-order chi connectivity index (χ1) is 10.4. The number of benzene rings is 1. The minimum absolute atomic E-state index is 0.0393. The van der Waals surface area contributed by atoms with E-state index in [1.165, 1.54) is 0 Å². The van der Waals surface area contributed by atoms with Crippen LogP contribution in [0, 0.1) is 5.41 Å². The lowest BCUT2D eigenvalue weighted by atomic mass is 9.87. The minimum Gasteiger partial charge on any atom is -0.393 e. The Hall–Kier alpha value is -1.81. The van der Waals surface area contributed by atoms with Crippen LogP contribution in [0.5, 0.6) is 0 Å². The number of carbonyl (C=O) groups is 1. The molecule has 1 aromatic carbocycles. The lowest BCUT2D eigenvalue weighted by molar-refractivity contribution is 0.0705. The molecule has 0 spiro atoms. The first-order valence-electron chi connectivity index (χ1n) is 7.83. The highest BCUT2D eigenvalue weighted by Gasteiger charge is 2.31. The molecule has 1 atom stereocenters. The third-order valence-corrected chi connectivity index (χ3v) is 4.01. The Morgan fingerprint density at radius 3 is 2.77 bits per heavy atom. The van der Waals surface area contributed by atoms with Gasteiger partial charge in [-0.15, -0.1) is 6.58 Å². The maximum Gasteiger partial charge on any atom is 0.253 e. The molecule has 4 heteroatoms. The first-order valence-corrected chi connectivity index (χ1v) is 7.83. The molecule has 0 aliphatic carbocycles. The van der Waals surface area contributed by atoms with E-state index in [1.54, 1.807) is 6.08 Å². The lowest BCUT2D eigenvalue weighted by Crippen LogP contribution is -2.37. The Bertz CT molecular complexity index is 522. The van der Waals surface area contributed by atoms with Gasteiger partial charge in [0.15, 0.2) is 0 Å². The molecule has 1 amide bonds. The lowest BCUT2D eigenvalue weighted by Gasteiger charge is -2.29. The summed E-state index contributed by atoms with van der Waals surface area (Å²) >= 11 is 0. The predicted molar refractivity (Wildman–Crippen MR) is 90.1 cm³/mol. The van der Waals surface area contributed by atoms with Crippen LogP contribution in [0.25, 0.3) is 0 Å². The SMILES string of the molecule is C=CCNc1ccc(C(=O)N2CC[C@H](O)CC(C)(C)C2)cc1. The fraction of sp³-hybridized carbons (Fsp3) is 0.500. The summed E-state index contributed by atoms with van der Waals surface area (Å²) in [7, 11) is 0. The van der Waals surface area contributed by atoms with Gasteiger partial charge in [0.1, 0.15) is 0 Å². The average molecular weight is 302 g/mol. The number of nitrogens with zero attached hydrogens (tertiary/aromatic N) is 1. The van der Waals surface area contributed by atoms with Crippen molar-refractivity contribution >= 4 is 11.6 Å². The van der Waals surface area contributed by atoms with E-state index in [9.17, 15) is 9.90 Å². The van der Waals surface area contributed by atoms with Crippen molar-refractivity contribution in [1.82, 2.24) is 4.90 Å². The Morgan fingerprint density at radius 1 is 1.45 bits per heavy atom. The topological polar surface area (TPSA) is 52.6 Å². The minimum atomic E-state index is -0.321. The van der Waals surface area contributed by atoms with Gasteiger partial charge >= 0.3 is 0 Å². The van der Waals surface area contributed by atoms with Gasteiger partial charge in [0, 0.05) is 30.9 Å². The van der Waals surface area contributed by atoms with Gasteiger partial charge in [-0.2, -0.15) is 0 Å². The van der Waals surface area contributed by atoms with E-state index in [4.69, 9.17) is 0 Å². The van der Waals surface area contributed by atoms with E-state index in [0.29, 0.717) is 31.6 Å². The molecule has 1 aromatic rings. The molecule has 1 aliphatic heterocycles. The highest BCUT2D eigenvalue weighted by molar-refractivity contribution is 5.94. The van der Waals surface area contributed by atoms with Gasteiger partial charge in [0.25, 0.3) is 5.91 Å². The van der Waals surface area contributed by atoms with Gasteiger partial charge in [-0.25, -0.2) is 0 Å². The van der Waals surface area contributed by atoms with Gasteiger partial charge in [-0.05, 0) is 42.5 Å². The smallest absolute Gasteiger partial charge is 0.253 e. The monoisotopic (exact) mass is 302 g/mol. The third kappa shape index (κ3) is 4.34. The first kappa shape index (κ1) is 16.6. The van der Waals surface area contributed by atoms with Crippen molar-refractivity contribution in [3.8, 4) is 0 Å². The quantitative estimate of drug-likeness (QED) is 0.841. The van der Waals surface area contributed by atoms with Crippen LogP contribution < -0.4 is 5.32 Å². The summed E-state index contributed by atoms with van der Waals surface area (Å²) in [6.07, 6.45) is 2.86. The van der Waals surface area contributed by atoms with Crippen molar-refractivity contribution in [3.63, 3.8) is 0 Å². The van der Waals surface area contributed by atoms with Crippen molar-refractivity contribution in [1.29, 1.82) is 0 Å². The summed E-state index contributed by atoms with van der Waals surface area (Å²) < 4.78 is 0. The maximum absolute atomic E-state index is 12.7. The van der Waals surface area contributed by atoms with E-state index >= 15 is 0 Å². The van der Waals surface area contributed by atoms with Gasteiger partial charge < -0.3 is 15.3 Å². The zero-order chi connectivity index (χ0) is 16.2. The van der Waals surface area contributed by atoms with Crippen LogP contribution in [0.4, 0.5) is 5.69 Å². The summed E-state index contributed by atoms with van der Waals surface area (Å²) in [6, 6.07) is 7.52. The molecule has 0 saturated carbocycles. The average Bonchev–Trinajstić information content (AvgIpc) is 2.62. The summed E-state index contributed by atoms with van der Waals surface area (Å²) in [4.78, 5) is 14.5. The Labute approximate surface area is 132 Å². The van der Waals surface area contributed by atoms with E-state index in [-0.39, 0.29) is 17.4 Å². The van der Waals surface area contributed by atoms with Crippen LogP contribution >= 0.6 is 0 Å². The van der Waals surface area contributed by atoms with Crippen LogP contribution in [0.15, 0.2) is 36.9 Å². The number of anilines is 1. The second kappa shape index (κ2) is 6.97. The fourth-order valence-electron chi connectivity index (χ4n) is 2.98. The molecule has 4 nitrogen and oxygen atoms in total. The van der Waals surface area contributed by atoms with E-state index < -0.39 is 0 Å². The standard InChI is InChI=1S/C18H26N2O2/c1-4-10-19-15-7-5-14(6-8-15)17(22)20-11-9-16(21)12-18(2,3)13-20/h4-8,16,19,21H,1,9-13H2,2-3H3/t16-/m0/s1. The Kier molecular flexibility index (Phi) is 5.24. The number of aliphatic hydroxyl groups excluding tert-OH is 1. The van der Waals surface area contributed by atoms with Crippen molar-refractivity contribution in [2.24, 2.45) is 5.41 Å².